The number of hydrogen-bond acceptors (Lipinski definition) is 1. The zero-order valence-corrected chi connectivity index (χ0v) is 7.34. The van der Waals surface area contributed by atoms with Gasteiger partial charge in [-0.3, -0.25) is 0 Å². The third-order valence-corrected chi connectivity index (χ3v) is 2.97. The Morgan fingerprint density at radius 1 is 1.44 bits per heavy atom. The van der Waals surface area contributed by atoms with Gasteiger partial charge < -0.3 is 5.73 Å². The van der Waals surface area contributed by atoms with Gasteiger partial charge in [-0.1, -0.05) is 13.8 Å². The van der Waals surface area contributed by atoms with E-state index in [1.54, 1.807) is 0 Å². The zero-order valence-electron chi connectivity index (χ0n) is 5.82. The molecule has 0 radical (unpaired) electrons. The smallest absolute Gasteiger partial charge is 0.0994 e. The molecule has 9 heavy (non-hydrogen) atoms. The SMILES string of the molecule is CCC(Cl)(CC)C(N)Cl. The molecule has 2 N–H and O–H groups in total. The molecule has 0 aromatic rings. The molecule has 0 spiro atoms. The lowest BCUT2D eigenvalue weighted by atomic mass is 10.0. The molecule has 0 fully saturated rings. The van der Waals surface area contributed by atoms with Crippen molar-refractivity contribution >= 4 is 23.2 Å². The molecule has 0 aliphatic carbocycles. The van der Waals surface area contributed by atoms with Crippen LogP contribution in [-0.4, -0.2) is 10.4 Å². The van der Waals surface area contributed by atoms with Gasteiger partial charge in [0.2, 0.25) is 0 Å². The molecule has 56 valence electrons. The maximum Gasteiger partial charge on any atom is 0.0994 e. The first kappa shape index (κ1) is 9.54. The van der Waals surface area contributed by atoms with E-state index < -0.39 is 10.4 Å². The number of rotatable bonds is 3. The highest BCUT2D eigenvalue weighted by Gasteiger charge is 2.28. The van der Waals surface area contributed by atoms with Crippen LogP contribution < -0.4 is 5.73 Å². The van der Waals surface area contributed by atoms with Gasteiger partial charge in [-0.2, -0.15) is 0 Å². The van der Waals surface area contributed by atoms with Gasteiger partial charge in [0.15, 0.2) is 0 Å². The summed E-state index contributed by atoms with van der Waals surface area (Å²) in [4.78, 5) is -0.401. The summed E-state index contributed by atoms with van der Waals surface area (Å²) >= 11 is 11.6. The van der Waals surface area contributed by atoms with Crippen molar-refractivity contribution < 1.29 is 0 Å². The van der Waals surface area contributed by atoms with E-state index in [1.807, 2.05) is 13.8 Å². The average Bonchev–Trinajstić information content (AvgIpc) is 1.86. The summed E-state index contributed by atoms with van der Waals surface area (Å²) in [5.74, 6) is 0. The minimum atomic E-state index is -0.436. The fraction of sp³-hybridized carbons (Fsp3) is 1.00. The van der Waals surface area contributed by atoms with Crippen LogP contribution in [0.25, 0.3) is 0 Å². The van der Waals surface area contributed by atoms with Crippen LogP contribution in [0.4, 0.5) is 0 Å². The molecule has 0 heterocycles. The molecule has 3 heteroatoms. The van der Waals surface area contributed by atoms with Crippen LogP contribution in [0.1, 0.15) is 26.7 Å². The Kier molecular flexibility index (Phi) is 3.86. The highest BCUT2D eigenvalue weighted by Crippen LogP contribution is 2.28. The molecule has 0 bridgehead atoms. The number of alkyl halides is 2. The minimum absolute atomic E-state index is 0.401. The second kappa shape index (κ2) is 3.65. The predicted molar refractivity (Wildman–Crippen MR) is 43.0 cm³/mol. The van der Waals surface area contributed by atoms with E-state index >= 15 is 0 Å². The summed E-state index contributed by atoms with van der Waals surface area (Å²) in [6.07, 6.45) is 1.63. The molecular weight excluding hydrogens is 157 g/mol. The summed E-state index contributed by atoms with van der Waals surface area (Å²) < 4.78 is 0. The van der Waals surface area contributed by atoms with Crippen LogP contribution in [0.5, 0.6) is 0 Å². The fourth-order valence-corrected chi connectivity index (χ4v) is 0.949. The van der Waals surface area contributed by atoms with E-state index in [4.69, 9.17) is 28.9 Å². The molecular formula is C6H13Cl2N. The van der Waals surface area contributed by atoms with Gasteiger partial charge in [-0.15, -0.1) is 23.2 Å². The first-order valence-electron chi connectivity index (χ1n) is 3.15. The Hall–Kier alpha value is 0.540. The van der Waals surface area contributed by atoms with Gasteiger partial charge in [-0.05, 0) is 12.8 Å². The van der Waals surface area contributed by atoms with Crippen molar-refractivity contribution in [2.75, 3.05) is 0 Å². The van der Waals surface area contributed by atoms with E-state index in [1.165, 1.54) is 0 Å². The second-order valence-electron chi connectivity index (χ2n) is 2.14. The van der Waals surface area contributed by atoms with Crippen LogP contribution in [0.3, 0.4) is 0 Å². The average molecular weight is 170 g/mol. The normalized spacial score (nSPS) is 15.7. The molecule has 0 saturated heterocycles. The highest BCUT2D eigenvalue weighted by molar-refractivity contribution is 6.32. The molecule has 0 aromatic heterocycles. The molecule has 0 amide bonds. The van der Waals surface area contributed by atoms with Gasteiger partial charge >= 0.3 is 0 Å². The molecule has 1 atom stereocenters. The van der Waals surface area contributed by atoms with Gasteiger partial charge in [0.1, 0.15) is 0 Å². The standard InChI is InChI=1S/C6H13Cl2N/c1-3-6(8,4-2)5(7)9/h5H,3-4,9H2,1-2H3. The predicted octanol–water partition coefficient (Wildman–Crippen LogP) is 2.31. The Balaban J connectivity index is 3.92. The van der Waals surface area contributed by atoms with E-state index in [0.717, 1.165) is 12.8 Å². The third kappa shape index (κ3) is 2.32. The lowest BCUT2D eigenvalue weighted by molar-refractivity contribution is 0.514. The summed E-state index contributed by atoms with van der Waals surface area (Å²) in [6, 6.07) is 0. The van der Waals surface area contributed by atoms with Crippen molar-refractivity contribution in [3.8, 4) is 0 Å². The lowest BCUT2D eigenvalue weighted by Crippen LogP contribution is -2.37. The largest absolute Gasteiger partial charge is 0.314 e. The van der Waals surface area contributed by atoms with Crippen molar-refractivity contribution in [3.63, 3.8) is 0 Å². The van der Waals surface area contributed by atoms with Crippen LogP contribution in [0.15, 0.2) is 0 Å². The van der Waals surface area contributed by atoms with E-state index in [9.17, 15) is 0 Å². The molecule has 0 aliphatic rings. The molecule has 0 aromatic carbocycles. The van der Waals surface area contributed by atoms with Crippen LogP contribution >= 0.6 is 23.2 Å². The first-order chi connectivity index (χ1) is 4.06. The van der Waals surface area contributed by atoms with E-state index in [-0.39, 0.29) is 0 Å². The monoisotopic (exact) mass is 169 g/mol. The molecule has 1 unspecified atom stereocenters. The Morgan fingerprint density at radius 2 is 1.78 bits per heavy atom. The van der Waals surface area contributed by atoms with Gasteiger partial charge in [0, 0.05) is 0 Å². The summed E-state index contributed by atoms with van der Waals surface area (Å²) in [5, 5.41) is 0. The third-order valence-electron chi connectivity index (χ3n) is 1.67. The van der Waals surface area contributed by atoms with Crippen molar-refractivity contribution in [2.45, 2.75) is 37.1 Å². The zero-order chi connectivity index (χ0) is 7.49. The summed E-state index contributed by atoms with van der Waals surface area (Å²) in [6.45, 7) is 3.97. The second-order valence-corrected chi connectivity index (χ2v) is 3.37. The molecule has 0 rings (SSSR count). The number of halogens is 2. The fourth-order valence-electron chi connectivity index (χ4n) is 0.640. The quantitative estimate of drug-likeness (QED) is 0.510. The maximum atomic E-state index is 5.99. The molecule has 0 aliphatic heterocycles. The summed E-state index contributed by atoms with van der Waals surface area (Å²) in [5.41, 5.74) is 4.99. The van der Waals surface area contributed by atoms with Crippen LogP contribution in [-0.2, 0) is 0 Å². The van der Waals surface area contributed by atoms with Crippen molar-refractivity contribution in [2.24, 2.45) is 5.73 Å². The Labute approximate surface area is 66.5 Å². The van der Waals surface area contributed by atoms with E-state index in [0.29, 0.717) is 0 Å². The van der Waals surface area contributed by atoms with Crippen molar-refractivity contribution in [3.05, 3.63) is 0 Å². The highest BCUT2D eigenvalue weighted by atomic mass is 35.5. The molecule has 1 nitrogen and oxygen atoms in total. The van der Waals surface area contributed by atoms with Crippen LogP contribution in [0.2, 0.25) is 0 Å². The number of nitrogens with two attached hydrogens (primary N) is 1. The van der Waals surface area contributed by atoms with Crippen molar-refractivity contribution in [1.82, 2.24) is 0 Å². The Morgan fingerprint density at radius 3 is 1.78 bits per heavy atom. The van der Waals surface area contributed by atoms with Gasteiger partial charge in [0.05, 0.1) is 10.4 Å². The topological polar surface area (TPSA) is 26.0 Å². The lowest BCUT2D eigenvalue weighted by Gasteiger charge is -2.25. The van der Waals surface area contributed by atoms with Gasteiger partial charge in [-0.25, -0.2) is 0 Å². The molecule has 0 saturated carbocycles. The van der Waals surface area contributed by atoms with Crippen molar-refractivity contribution in [1.29, 1.82) is 0 Å². The summed E-state index contributed by atoms with van der Waals surface area (Å²) in [7, 11) is 0. The minimum Gasteiger partial charge on any atom is -0.314 e. The number of hydrogen-bond donors (Lipinski definition) is 1. The first-order valence-corrected chi connectivity index (χ1v) is 3.96. The van der Waals surface area contributed by atoms with Crippen LogP contribution in [0, 0.1) is 0 Å². The maximum absolute atomic E-state index is 5.99. The van der Waals surface area contributed by atoms with E-state index in [2.05, 4.69) is 0 Å². The van der Waals surface area contributed by atoms with Gasteiger partial charge in [0.25, 0.3) is 0 Å². The Bertz CT molecular complexity index is 79.1.